The van der Waals surface area contributed by atoms with Crippen molar-refractivity contribution in [3.05, 3.63) is 71.4 Å². The molecule has 0 atom stereocenters. The Morgan fingerprint density at radius 3 is 2.52 bits per heavy atom. The van der Waals surface area contributed by atoms with E-state index in [1.54, 1.807) is 30.5 Å². The van der Waals surface area contributed by atoms with E-state index in [1.165, 1.54) is 19.1 Å². The highest BCUT2D eigenvalue weighted by Gasteiger charge is 2.53. The van der Waals surface area contributed by atoms with E-state index in [2.05, 4.69) is 19.8 Å². The lowest BCUT2D eigenvalue weighted by Crippen LogP contribution is -2.28. The van der Waals surface area contributed by atoms with Gasteiger partial charge in [0.05, 0.1) is 5.41 Å². The minimum absolute atomic E-state index is 0.0331. The zero-order valence-corrected chi connectivity index (χ0v) is 17.9. The number of aromatic nitrogens is 1. The van der Waals surface area contributed by atoms with Gasteiger partial charge in [-0.1, -0.05) is 24.3 Å². The largest absolute Gasteiger partial charge is 0.586 e. The molecule has 1 aliphatic heterocycles. The topological polar surface area (TPSA) is 77.5 Å². The second kappa shape index (κ2) is 7.37. The predicted molar refractivity (Wildman–Crippen MR) is 117 cm³/mol. The van der Waals surface area contributed by atoms with Crippen molar-refractivity contribution in [1.29, 1.82) is 0 Å². The number of carbonyl (C=O) groups excluding carboxylic acids is 2. The molecule has 2 heterocycles. The Hall–Kier alpha value is -3.81. The number of Topliss-reactive ketones (excluding diaryl/α,β-unsaturated/α-hetero) is 1. The SMILES string of the molecule is CC(=O)c1cccc(-c2cc(NC(=O)C3(c4ccc5c(c4)OC(F)(F)O5)CC3)ncc2C)c1. The third-order valence-corrected chi connectivity index (χ3v) is 6.06. The Balaban J connectivity index is 1.40. The minimum Gasteiger partial charge on any atom is -0.395 e. The van der Waals surface area contributed by atoms with E-state index in [9.17, 15) is 18.4 Å². The number of nitrogens with zero attached hydrogens (tertiary/aromatic N) is 1. The van der Waals surface area contributed by atoms with Crippen LogP contribution in [0.3, 0.4) is 0 Å². The van der Waals surface area contributed by atoms with E-state index in [1.807, 2.05) is 19.1 Å². The summed E-state index contributed by atoms with van der Waals surface area (Å²) in [4.78, 5) is 29.3. The number of hydrogen-bond donors (Lipinski definition) is 1. The molecule has 3 aromatic rings. The van der Waals surface area contributed by atoms with Crippen LogP contribution in [-0.4, -0.2) is 23.0 Å². The average Bonchev–Trinajstić information content (AvgIpc) is 3.52. The number of nitrogens with one attached hydrogen (secondary N) is 1. The van der Waals surface area contributed by atoms with Crippen molar-refractivity contribution < 1.29 is 27.8 Å². The van der Waals surface area contributed by atoms with Crippen molar-refractivity contribution in [2.24, 2.45) is 0 Å². The number of hydrogen-bond acceptors (Lipinski definition) is 5. The van der Waals surface area contributed by atoms with Crippen LogP contribution in [-0.2, 0) is 10.2 Å². The monoisotopic (exact) mass is 450 g/mol. The number of amides is 1. The van der Waals surface area contributed by atoms with Gasteiger partial charge >= 0.3 is 6.29 Å². The molecule has 2 aromatic carbocycles. The van der Waals surface area contributed by atoms with Crippen molar-refractivity contribution >= 4 is 17.5 Å². The molecule has 168 valence electrons. The molecule has 33 heavy (non-hydrogen) atoms. The number of aryl methyl sites for hydroxylation is 1. The molecule has 8 heteroatoms. The van der Waals surface area contributed by atoms with Gasteiger partial charge in [0, 0.05) is 11.8 Å². The fourth-order valence-electron chi connectivity index (χ4n) is 4.06. The maximum Gasteiger partial charge on any atom is 0.586 e. The van der Waals surface area contributed by atoms with Gasteiger partial charge in [0.15, 0.2) is 17.3 Å². The number of alkyl halides is 2. The molecule has 1 aromatic heterocycles. The van der Waals surface area contributed by atoms with E-state index < -0.39 is 11.7 Å². The molecule has 5 rings (SSSR count). The first-order chi connectivity index (χ1) is 15.7. The Kier molecular flexibility index (Phi) is 4.70. The molecule has 1 amide bonds. The lowest BCUT2D eigenvalue weighted by molar-refractivity contribution is -0.286. The van der Waals surface area contributed by atoms with Crippen LogP contribution in [0.1, 0.15) is 41.3 Å². The summed E-state index contributed by atoms with van der Waals surface area (Å²) in [5.41, 5.74) is 2.93. The summed E-state index contributed by atoms with van der Waals surface area (Å²) in [5, 5.41) is 2.86. The van der Waals surface area contributed by atoms with Gasteiger partial charge in [0.2, 0.25) is 5.91 Å². The van der Waals surface area contributed by atoms with Crippen LogP contribution in [0.2, 0.25) is 0 Å². The minimum atomic E-state index is -3.71. The van der Waals surface area contributed by atoms with E-state index >= 15 is 0 Å². The summed E-state index contributed by atoms with van der Waals surface area (Å²) in [6.07, 6.45) is -0.891. The third-order valence-electron chi connectivity index (χ3n) is 6.06. The van der Waals surface area contributed by atoms with Crippen LogP contribution >= 0.6 is 0 Å². The number of benzene rings is 2. The lowest BCUT2D eigenvalue weighted by Gasteiger charge is -2.17. The van der Waals surface area contributed by atoms with E-state index in [-0.39, 0.29) is 23.2 Å². The summed E-state index contributed by atoms with van der Waals surface area (Å²) in [6, 6.07) is 13.5. The van der Waals surface area contributed by atoms with Crippen LogP contribution in [0.4, 0.5) is 14.6 Å². The van der Waals surface area contributed by atoms with Crippen LogP contribution in [0.15, 0.2) is 54.7 Å². The number of carbonyl (C=O) groups is 2. The first-order valence-electron chi connectivity index (χ1n) is 10.5. The highest BCUT2D eigenvalue weighted by atomic mass is 19.3. The summed E-state index contributed by atoms with van der Waals surface area (Å²) >= 11 is 0. The van der Waals surface area contributed by atoms with Gasteiger partial charge in [-0.2, -0.15) is 0 Å². The second-order valence-corrected chi connectivity index (χ2v) is 8.39. The van der Waals surface area contributed by atoms with Crippen molar-refractivity contribution in [2.45, 2.75) is 38.4 Å². The quantitative estimate of drug-likeness (QED) is 0.537. The molecular weight excluding hydrogens is 430 g/mol. The highest BCUT2D eigenvalue weighted by Crippen LogP contribution is 2.52. The van der Waals surface area contributed by atoms with Gasteiger partial charge in [-0.25, -0.2) is 4.98 Å². The maximum atomic E-state index is 13.4. The van der Waals surface area contributed by atoms with Crippen molar-refractivity contribution in [2.75, 3.05) is 5.32 Å². The van der Waals surface area contributed by atoms with Crippen molar-refractivity contribution in [3.63, 3.8) is 0 Å². The number of pyridine rings is 1. The lowest BCUT2D eigenvalue weighted by atomic mass is 9.94. The molecule has 6 nitrogen and oxygen atoms in total. The fraction of sp³-hybridized carbons (Fsp3) is 0.240. The third kappa shape index (κ3) is 3.82. The number of fused-ring (bicyclic) bond motifs is 1. The molecule has 0 bridgehead atoms. The number of ether oxygens (including phenoxy) is 2. The normalized spacial score (nSPS) is 16.8. The molecule has 2 aliphatic rings. The van der Waals surface area contributed by atoms with Crippen LogP contribution in [0.5, 0.6) is 11.5 Å². The molecule has 1 N–H and O–H groups in total. The van der Waals surface area contributed by atoms with Crippen molar-refractivity contribution in [3.8, 4) is 22.6 Å². The second-order valence-electron chi connectivity index (χ2n) is 8.39. The van der Waals surface area contributed by atoms with Gasteiger partial charge in [-0.3, -0.25) is 9.59 Å². The zero-order chi connectivity index (χ0) is 23.4. The van der Waals surface area contributed by atoms with Gasteiger partial charge in [0.25, 0.3) is 0 Å². The van der Waals surface area contributed by atoms with Crippen LogP contribution in [0.25, 0.3) is 11.1 Å². The average molecular weight is 450 g/mol. The van der Waals surface area contributed by atoms with Crippen LogP contribution < -0.4 is 14.8 Å². The van der Waals surface area contributed by atoms with Crippen molar-refractivity contribution in [1.82, 2.24) is 4.98 Å². The van der Waals surface area contributed by atoms with Gasteiger partial charge in [-0.15, -0.1) is 8.78 Å². The Morgan fingerprint density at radius 1 is 1.03 bits per heavy atom. The molecule has 1 fully saturated rings. The van der Waals surface area contributed by atoms with Gasteiger partial charge < -0.3 is 14.8 Å². The molecule has 0 spiro atoms. The number of halogens is 2. The van der Waals surface area contributed by atoms with Gasteiger partial charge in [0.1, 0.15) is 5.82 Å². The molecule has 0 radical (unpaired) electrons. The fourth-order valence-corrected chi connectivity index (χ4v) is 4.06. The molecule has 0 unspecified atom stereocenters. The Bertz CT molecular complexity index is 1300. The summed E-state index contributed by atoms with van der Waals surface area (Å²) in [7, 11) is 0. The Morgan fingerprint density at radius 2 is 1.79 bits per heavy atom. The van der Waals surface area contributed by atoms with E-state index in [0.717, 1.165) is 16.7 Å². The summed E-state index contributed by atoms with van der Waals surface area (Å²) < 4.78 is 35.7. The predicted octanol–water partition coefficient (Wildman–Crippen LogP) is 5.25. The standard InChI is InChI=1S/C25H20F2N2O4/c1-14-13-28-22(12-19(14)17-5-3-4-16(10-17)15(2)30)29-23(31)24(8-9-24)18-6-7-20-21(11-18)33-25(26,27)32-20/h3-7,10-13H,8-9H2,1-2H3,(H,28,29,31). The Labute approximate surface area is 188 Å². The smallest absolute Gasteiger partial charge is 0.395 e. The summed E-state index contributed by atoms with van der Waals surface area (Å²) in [5.74, 6) is -0.0789. The molecule has 1 saturated carbocycles. The first kappa shape index (κ1) is 21.1. The van der Waals surface area contributed by atoms with E-state index in [4.69, 9.17) is 0 Å². The number of anilines is 1. The highest BCUT2D eigenvalue weighted by molar-refractivity contribution is 6.01. The van der Waals surface area contributed by atoms with E-state index in [0.29, 0.717) is 29.8 Å². The molecule has 1 aliphatic carbocycles. The zero-order valence-electron chi connectivity index (χ0n) is 17.9. The maximum absolute atomic E-state index is 13.4. The number of ketones is 1. The summed E-state index contributed by atoms with van der Waals surface area (Å²) in [6.45, 7) is 3.41. The number of rotatable bonds is 5. The molecular formula is C25H20F2N2O4. The first-order valence-corrected chi connectivity index (χ1v) is 10.5. The van der Waals surface area contributed by atoms with Crippen LogP contribution in [0, 0.1) is 6.92 Å². The van der Waals surface area contributed by atoms with Gasteiger partial charge in [-0.05, 0) is 73.2 Å². The molecule has 0 saturated heterocycles.